The van der Waals surface area contributed by atoms with Crippen LogP contribution >= 0.6 is 11.8 Å². The third kappa shape index (κ3) is 5.40. The number of hydrazine groups is 1. The molecule has 1 heterocycles. The third-order valence-corrected chi connectivity index (χ3v) is 5.02. The van der Waals surface area contributed by atoms with Crippen LogP contribution in [0.25, 0.3) is 10.9 Å². The van der Waals surface area contributed by atoms with Gasteiger partial charge in [0.15, 0.2) is 5.78 Å². The van der Waals surface area contributed by atoms with Gasteiger partial charge in [0, 0.05) is 34.9 Å². The van der Waals surface area contributed by atoms with Gasteiger partial charge in [-0.25, -0.2) is 0 Å². The summed E-state index contributed by atoms with van der Waals surface area (Å²) in [6, 6.07) is 18.4. The molecule has 2 aromatic carbocycles. The van der Waals surface area contributed by atoms with Crippen molar-refractivity contribution in [2.75, 3.05) is 5.75 Å². The predicted octanol–water partition coefficient (Wildman–Crippen LogP) is 3.14. The fraction of sp³-hybridized carbons (Fsp3) is 0.143. The van der Waals surface area contributed by atoms with Gasteiger partial charge in [-0.1, -0.05) is 48.5 Å². The summed E-state index contributed by atoms with van der Waals surface area (Å²) in [4.78, 5) is 41.0. The molecular weight excluding hydrogens is 374 g/mol. The van der Waals surface area contributed by atoms with E-state index in [1.165, 1.54) is 11.8 Å². The maximum atomic E-state index is 12.0. The van der Waals surface area contributed by atoms with E-state index in [2.05, 4.69) is 15.8 Å². The second-order valence-electron chi connectivity index (χ2n) is 6.01. The van der Waals surface area contributed by atoms with Gasteiger partial charge >= 0.3 is 0 Å². The van der Waals surface area contributed by atoms with Crippen LogP contribution in [0.15, 0.2) is 71.8 Å². The summed E-state index contributed by atoms with van der Waals surface area (Å²) in [7, 11) is 0. The lowest BCUT2D eigenvalue weighted by atomic mass is 10.1. The van der Waals surface area contributed by atoms with E-state index in [9.17, 15) is 14.4 Å². The van der Waals surface area contributed by atoms with Gasteiger partial charge in [-0.3, -0.25) is 30.2 Å². The monoisotopic (exact) mass is 393 g/mol. The number of nitrogens with one attached hydrogen (secondary N) is 2. The zero-order valence-electron chi connectivity index (χ0n) is 15.1. The molecule has 1 aromatic heterocycles. The smallest absolute Gasteiger partial charge is 0.248 e. The molecule has 142 valence electrons. The number of carbonyl (C=O) groups is 3. The minimum absolute atomic E-state index is 0.00833. The predicted molar refractivity (Wildman–Crippen MR) is 109 cm³/mol. The van der Waals surface area contributed by atoms with Gasteiger partial charge < -0.3 is 0 Å². The van der Waals surface area contributed by atoms with Crippen molar-refractivity contribution in [1.82, 2.24) is 15.8 Å². The van der Waals surface area contributed by atoms with Crippen LogP contribution < -0.4 is 10.9 Å². The highest BCUT2D eigenvalue weighted by atomic mass is 32.2. The van der Waals surface area contributed by atoms with E-state index < -0.39 is 5.91 Å². The topological polar surface area (TPSA) is 88.2 Å². The Hall–Kier alpha value is -3.19. The van der Waals surface area contributed by atoms with Gasteiger partial charge in [-0.15, -0.1) is 11.8 Å². The van der Waals surface area contributed by atoms with E-state index in [0.717, 1.165) is 15.8 Å². The Balaban J connectivity index is 1.41. The zero-order chi connectivity index (χ0) is 19.8. The molecule has 7 heteroatoms. The SMILES string of the molecule is O=C(CCC(=O)c1ccccc1)NNC(=O)CSc1cccc2cccnc12. The molecule has 0 bridgehead atoms. The highest BCUT2D eigenvalue weighted by Crippen LogP contribution is 2.25. The lowest BCUT2D eigenvalue weighted by Crippen LogP contribution is -2.42. The van der Waals surface area contributed by atoms with E-state index in [4.69, 9.17) is 0 Å². The molecule has 0 aliphatic rings. The molecule has 0 fully saturated rings. The molecule has 6 nitrogen and oxygen atoms in total. The number of Topliss-reactive ketones (excluding diaryl/α,β-unsaturated/α-hetero) is 1. The number of rotatable bonds is 7. The number of thioether (sulfide) groups is 1. The number of para-hydroxylation sites is 1. The highest BCUT2D eigenvalue weighted by Gasteiger charge is 2.11. The van der Waals surface area contributed by atoms with Crippen LogP contribution in [0.5, 0.6) is 0 Å². The number of hydrogen-bond donors (Lipinski definition) is 2. The summed E-state index contributed by atoms with van der Waals surface area (Å²) in [5.41, 5.74) is 6.12. The van der Waals surface area contributed by atoms with Crippen LogP contribution in [-0.2, 0) is 9.59 Å². The molecule has 0 aliphatic heterocycles. The largest absolute Gasteiger partial charge is 0.294 e. The number of hydrogen-bond acceptors (Lipinski definition) is 5. The molecule has 0 saturated carbocycles. The number of ketones is 1. The molecule has 0 unspecified atom stereocenters. The summed E-state index contributed by atoms with van der Waals surface area (Å²) >= 11 is 1.35. The van der Waals surface area contributed by atoms with E-state index in [-0.39, 0.29) is 30.3 Å². The summed E-state index contributed by atoms with van der Waals surface area (Å²) in [5.74, 6) is -0.713. The number of pyridine rings is 1. The van der Waals surface area contributed by atoms with E-state index in [1.54, 1.807) is 30.5 Å². The lowest BCUT2D eigenvalue weighted by molar-refractivity contribution is -0.127. The van der Waals surface area contributed by atoms with Crippen molar-refractivity contribution in [2.45, 2.75) is 17.7 Å². The van der Waals surface area contributed by atoms with Crippen molar-refractivity contribution in [3.05, 3.63) is 72.4 Å². The summed E-state index contributed by atoms with van der Waals surface area (Å²) < 4.78 is 0. The molecule has 0 atom stereocenters. The number of carbonyl (C=O) groups excluding carboxylic acids is 3. The first-order valence-electron chi connectivity index (χ1n) is 8.76. The number of aromatic nitrogens is 1. The number of benzene rings is 2. The fourth-order valence-electron chi connectivity index (χ4n) is 2.57. The molecule has 0 aliphatic carbocycles. The Labute approximate surface area is 166 Å². The summed E-state index contributed by atoms with van der Waals surface area (Å²) in [6.45, 7) is 0. The maximum Gasteiger partial charge on any atom is 0.248 e. The van der Waals surface area contributed by atoms with Gasteiger partial charge in [0.25, 0.3) is 0 Å². The molecule has 28 heavy (non-hydrogen) atoms. The Morgan fingerprint density at radius 1 is 0.821 bits per heavy atom. The Morgan fingerprint density at radius 2 is 1.57 bits per heavy atom. The molecule has 3 aromatic rings. The lowest BCUT2D eigenvalue weighted by Gasteiger charge is -2.08. The molecule has 0 saturated heterocycles. The van der Waals surface area contributed by atoms with Crippen LogP contribution in [0.4, 0.5) is 0 Å². The molecule has 3 rings (SSSR count). The van der Waals surface area contributed by atoms with Crippen molar-refractivity contribution < 1.29 is 14.4 Å². The number of amides is 2. The first-order valence-corrected chi connectivity index (χ1v) is 9.74. The van der Waals surface area contributed by atoms with Gasteiger partial charge in [0.05, 0.1) is 11.3 Å². The summed E-state index contributed by atoms with van der Waals surface area (Å²) in [6.07, 6.45) is 1.81. The van der Waals surface area contributed by atoms with Gasteiger partial charge in [0.1, 0.15) is 0 Å². The maximum absolute atomic E-state index is 12.0. The minimum Gasteiger partial charge on any atom is -0.294 e. The Bertz CT molecular complexity index is 987. The molecule has 2 amide bonds. The van der Waals surface area contributed by atoms with E-state index >= 15 is 0 Å². The van der Waals surface area contributed by atoms with Crippen molar-refractivity contribution >= 4 is 40.3 Å². The van der Waals surface area contributed by atoms with Crippen molar-refractivity contribution in [2.24, 2.45) is 0 Å². The first-order chi connectivity index (χ1) is 13.6. The van der Waals surface area contributed by atoms with E-state index in [1.807, 2.05) is 36.4 Å². The van der Waals surface area contributed by atoms with Crippen molar-refractivity contribution in [3.63, 3.8) is 0 Å². The zero-order valence-corrected chi connectivity index (χ0v) is 15.9. The van der Waals surface area contributed by atoms with Crippen molar-refractivity contribution in [3.8, 4) is 0 Å². The molecular formula is C21H19N3O3S. The molecule has 0 spiro atoms. The first kappa shape index (κ1) is 19.6. The Kier molecular flexibility index (Phi) is 6.75. The second-order valence-corrected chi connectivity index (χ2v) is 7.02. The molecule has 0 radical (unpaired) electrons. The molecule has 2 N–H and O–H groups in total. The van der Waals surface area contributed by atoms with Crippen LogP contribution in [0.3, 0.4) is 0 Å². The highest BCUT2D eigenvalue weighted by molar-refractivity contribution is 8.00. The third-order valence-electron chi connectivity index (χ3n) is 3.97. The van der Waals surface area contributed by atoms with Gasteiger partial charge in [-0.2, -0.15) is 0 Å². The number of fused-ring (bicyclic) bond motifs is 1. The van der Waals surface area contributed by atoms with Crippen LogP contribution in [0.1, 0.15) is 23.2 Å². The minimum atomic E-state index is -0.408. The second kappa shape index (κ2) is 9.66. The Morgan fingerprint density at radius 3 is 2.39 bits per heavy atom. The average Bonchev–Trinajstić information content (AvgIpc) is 2.75. The van der Waals surface area contributed by atoms with Gasteiger partial charge in [-0.05, 0) is 12.1 Å². The fourth-order valence-corrected chi connectivity index (χ4v) is 3.41. The van der Waals surface area contributed by atoms with Crippen molar-refractivity contribution in [1.29, 1.82) is 0 Å². The summed E-state index contributed by atoms with van der Waals surface area (Å²) in [5, 5.41) is 1.00. The number of nitrogens with zero attached hydrogens (tertiary/aromatic N) is 1. The quantitative estimate of drug-likeness (QED) is 0.366. The standard InChI is InChI=1S/C21H19N3O3S/c25-17(15-6-2-1-3-7-15)11-12-19(26)23-24-20(27)14-28-18-10-4-8-16-9-5-13-22-21(16)18/h1-10,13H,11-12,14H2,(H,23,26)(H,24,27). The normalized spacial score (nSPS) is 10.4. The average molecular weight is 393 g/mol. The van der Waals surface area contributed by atoms with Crippen LogP contribution in [-0.4, -0.2) is 28.3 Å². The van der Waals surface area contributed by atoms with Crippen LogP contribution in [0.2, 0.25) is 0 Å². The van der Waals surface area contributed by atoms with Crippen LogP contribution in [0, 0.1) is 0 Å². The van der Waals surface area contributed by atoms with E-state index in [0.29, 0.717) is 5.56 Å². The van der Waals surface area contributed by atoms with Gasteiger partial charge in [0.2, 0.25) is 11.8 Å².